The summed E-state index contributed by atoms with van der Waals surface area (Å²) in [4.78, 5) is 24.4. The first-order chi connectivity index (χ1) is 12.7. The van der Waals surface area contributed by atoms with Crippen LogP contribution in [-0.4, -0.2) is 70.4 Å². The molecule has 2 aromatic heterocycles. The van der Waals surface area contributed by atoms with E-state index in [1.807, 2.05) is 19.2 Å². The average molecular weight is 355 g/mol. The van der Waals surface area contributed by atoms with Gasteiger partial charge in [-0.1, -0.05) is 0 Å². The highest BCUT2D eigenvalue weighted by Crippen LogP contribution is 2.26. The van der Waals surface area contributed by atoms with Gasteiger partial charge in [0.25, 0.3) is 0 Å². The number of piperazine rings is 1. The van der Waals surface area contributed by atoms with Gasteiger partial charge in [-0.15, -0.1) is 0 Å². The third-order valence-electron chi connectivity index (χ3n) is 5.21. The minimum atomic E-state index is 0.176. The third kappa shape index (κ3) is 3.41. The molecule has 1 atom stereocenters. The standard InChI is InChI=1S/C18H25N7O/c1-14-19-5-4-16(22-14)23-7-9-24(10-8-23)17-11-18(21-13-20-17)25-6-2-3-15(25)12-26/h4-5,11,13,15,26H,2-3,6-10,12H2,1H3. The van der Waals surface area contributed by atoms with E-state index < -0.39 is 0 Å². The molecule has 26 heavy (non-hydrogen) atoms. The van der Waals surface area contributed by atoms with Crippen LogP contribution in [0.4, 0.5) is 17.5 Å². The van der Waals surface area contributed by atoms with Gasteiger partial charge in [0.15, 0.2) is 0 Å². The molecule has 2 fully saturated rings. The molecule has 0 bridgehead atoms. The number of hydrogen-bond acceptors (Lipinski definition) is 8. The maximum Gasteiger partial charge on any atom is 0.134 e. The highest BCUT2D eigenvalue weighted by molar-refractivity contribution is 5.52. The molecule has 0 saturated carbocycles. The van der Waals surface area contributed by atoms with Gasteiger partial charge in [0, 0.05) is 45.0 Å². The lowest BCUT2D eigenvalue weighted by atomic mass is 10.2. The molecule has 4 rings (SSSR count). The van der Waals surface area contributed by atoms with E-state index in [4.69, 9.17) is 0 Å². The van der Waals surface area contributed by atoms with E-state index in [2.05, 4.69) is 40.7 Å². The molecule has 2 aromatic rings. The molecule has 2 saturated heterocycles. The Labute approximate surface area is 153 Å². The Morgan fingerprint density at radius 3 is 2.46 bits per heavy atom. The predicted molar refractivity (Wildman–Crippen MR) is 101 cm³/mol. The molecule has 0 aliphatic carbocycles. The zero-order valence-electron chi connectivity index (χ0n) is 15.1. The van der Waals surface area contributed by atoms with E-state index in [1.54, 1.807) is 6.33 Å². The quantitative estimate of drug-likeness (QED) is 0.865. The minimum absolute atomic E-state index is 0.176. The van der Waals surface area contributed by atoms with Crippen molar-refractivity contribution in [3.63, 3.8) is 0 Å². The molecule has 2 aliphatic heterocycles. The van der Waals surface area contributed by atoms with Crippen molar-refractivity contribution in [2.45, 2.75) is 25.8 Å². The monoisotopic (exact) mass is 355 g/mol. The number of nitrogens with zero attached hydrogens (tertiary/aromatic N) is 7. The molecule has 8 nitrogen and oxygen atoms in total. The largest absolute Gasteiger partial charge is 0.394 e. The molecule has 1 N–H and O–H groups in total. The highest BCUT2D eigenvalue weighted by atomic mass is 16.3. The van der Waals surface area contributed by atoms with Gasteiger partial charge in [0.2, 0.25) is 0 Å². The molecule has 2 aliphatic rings. The van der Waals surface area contributed by atoms with Crippen molar-refractivity contribution in [2.24, 2.45) is 0 Å². The van der Waals surface area contributed by atoms with E-state index in [0.717, 1.165) is 68.8 Å². The fourth-order valence-electron chi connectivity index (χ4n) is 3.78. The molecule has 8 heteroatoms. The second-order valence-electron chi connectivity index (χ2n) is 6.84. The zero-order valence-corrected chi connectivity index (χ0v) is 15.1. The first-order valence-corrected chi connectivity index (χ1v) is 9.23. The predicted octanol–water partition coefficient (Wildman–Crippen LogP) is 0.863. The average Bonchev–Trinajstić information content (AvgIpc) is 3.17. The van der Waals surface area contributed by atoms with Crippen LogP contribution in [0.2, 0.25) is 0 Å². The van der Waals surface area contributed by atoms with E-state index in [9.17, 15) is 5.11 Å². The Bertz CT molecular complexity index is 748. The minimum Gasteiger partial charge on any atom is -0.394 e. The molecule has 0 aromatic carbocycles. The Kier molecular flexibility index (Phi) is 4.83. The van der Waals surface area contributed by atoms with Gasteiger partial charge in [-0.2, -0.15) is 0 Å². The van der Waals surface area contributed by atoms with Crippen LogP contribution in [0.1, 0.15) is 18.7 Å². The van der Waals surface area contributed by atoms with E-state index in [-0.39, 0.29) is 12.6 Å². The van der Waals surface area contributed by atoms with Crippen LogP contribution in [0.5, 0.6) is 0 Å². The molecule has 1 unspecified atom stereocenters. The second kappa shape index (κ2) is 7.41. The smallest absolute Gasteiger partial charge is 0.134 e. The van der Waals surface area contributed by atoms with Crippen molar-refractivity contribution in [3.05, 3.63) is 30.5 Å². The maximum absolute atomic E-state index is 9.56. The molecular formula is C18H25N7O. The van der Waals surface area contributed by atoms with Gasteiger partial charge in [0.1, 0.15) is 29.6 Å². The first kappa shape index (κ1) is 17.0. The van der Waals surface area contributed by atoms with Gasteiger partial charge in [0.05, 0.1) is 12.6 Å². The van der Waals surface area contributed by atoms with Crippen molar-refractivity contribution in [1.82, 2.24) is 19.9 Å². The molecule has 4 heterocycles. The van der Waals surface area contributed by atoms with Crippen LogP contribution in [0.3, 0.4) is 0 Å². The lowest BCUT2D eigenvalue weighted by Gasteiger charge is -2.36. The summed E-state index contributed by atoms with van der Waals surface area (Å²) in [6, 6.07) is 4.20. The number of rotatable bonds is 4. The van der Waals surface area contributed by atoms with Crippen LogP contribution in [0, 0.1) is 6.92 Å². The van der Waals surface area contributed by atoms with Crippen molar-refractivity contribution in [1.29, 1.82) is 0 Å². The summed E-state index contributed by atoms with van der Waals surface area (Å²) in [5.74, 6) is 3.66. The van der Waals surface area contributed by atoms with Crippen molar-refractivity contribution >= 4 is 17.5 Å². The van der Waals surface area contributed by atoms with Crippen molar-refractivity contribution in [3.8, 4) is 0 Å². The Balaban J connectivity index is 1.44. The molecule has 138 valence electrons. The second-order valence-corrected chi connectivity index (χ2v) is 6.84. The summed E-state index contributed by atoms with van der Waals surface area (Å²) >= 11 is 0. The number of aromatic nitrogens is 4. The SMILES string of the molecule is Cc1nccc(N2CCN(c3cc(N4CCCC4CO)ncn3)CC2)n1. The summed E-state index contributed by atoms with van der Waals surface area (Å²) in [5.41, 5.74) is 0. The molecule has 0 spiro atoms. The Morgan fingerprint density at radius 2 is 1.73 bits per heavy atom. The maximum atomic E-state index is 9.56. The fourth-order valence-corrected chi connectivity index (χ4v) is 3.78. The van der Waals surface area contributed by atoms with Gasteiger partial charge < -0.3 is 19.8 Å². The Hall–Kier alpha value is -2.48. The fraction of sp³-hybridized carbons (Fsp3) is 0.556. The van der Waals surface area contributed by atoms with Crippen LogP contribution < -0.4 is 14.7 Å². The highest BCUT2D eigenvalue weighted by Gasteiger charge is 2.26. The summed E-state index contributed by atoms with van der Waals surface area (Å²) in [6.07, 6.45) is 5.57. The number of aliphatic hydroxyl groups excluding tert-OH is 1. The number of aryl methyl sites for hydroxylation is 1. The number of hydrogen-bond donors (Lipinski definition) is 1. The number of aliphatic hydroxyl groups is 1. The lowest BCUT2D eigenvalue weighted by Crippen LogP contribution is -2.47. The molecular weight excluding hydrogens is 330 g/mol. The van der Waals surface area contributed by atoms with Crippen molar-refractivity contribution < 1.29 is 5.11 Å². The summed E-state index contributed by atoms with van der Waals surface area (Å²) < 4.78 is 0. The Morgan fingerprint density at radius 1 is 1.00 bits per heavy atom. The van der Waals surface area contributed by atoms with Gasteiger partial charge in [-0.3, -0.25) is 0 Å². The van der Waals surface area contributed by atoms with Crippen molar-refractivity contribution in [2.75, 3.05) is 54.0 Å². The summed E-state index contributed by atoms with van der Waals surface area (Å²) in [6.45, 7) is 6.63. The van der Waals surface area contributed by atoms with Crippen LogP contribution in [0.15, 0.2) is 24.7 Å². The van der Waals surface area contributed by atoms with Crippen LogP contribution in [-0.2, 0) is 0 Å². The lowest BCUT2D eigenvalue weighted by molar-refractivity contribution is 0.266. The van der Waals surface area contributed by atoms with E-state index >= 15 is 0 Å². The van der Waals surface area contributed by atoms with Crippen LogP contribution in [0.25, 0.3) is 0 Å². The first-order valence-electron chi connectivity index (χ1n) is 9.23. The molecule has 0 radical (unpaired) electrons. The summed E-state index contributed by atoms with van der Waals surface area (Å²) in [7, 11) is 0. The third-order valence-corrected chi connectivity index (χ3v) is 5.21. The normalized spacial score (nSPS) is 20.7. The van der Waals surface area contributed by atoms with Gasteiger partial charge >= 0.3 is 0 Å². The number of anilines is 3. The van der Waals surface area contributed by atoms with Gasteiger partial charge in [-0.25, -0.2) is 19.9 Å². The van der Waals surface area contributed by atoms with E-state index in [1.165, 1.54) is 0 Å². The molecule has 0 amide bonds. The van der Waals surface area contributed by atoms with E-state index in [0.29, 0.717) is 0 Å². The zero-order chi connectivity index (χ0) is 17.9. The van der Waals surface area contributed by atoms with Crippen LogP contribution >= 0.6 is 0 Å². The summed E-state index contributed by atoms with van der Waals surface area (Å²) in [5, 5.41) is 9.56. The van der Waals surface area contributed by atoms with Gasteiger partial charge in [-0.05, 0) is 25.8 Å². The topological polar surface area (TPSA) is 81.5 Å².